The number of pyridine rings is 1. The van der Waals surface area contributed by atoms with Crippen molar-refractivity contribution < 1.29 is 19.1 Å². The van der Waals surface area contributed by atoms with Gasteiger partial charge in [0.05, 0.1) is 19.2 Å². The zero-order chi connectivity index (χ0) is 31.8. The minimum Gasteiger partial charge on any atom is -0.465 e. The van der Waals surface area contributed by atoms with Crippen LogP contribution >= 0.6 is 0 Å². The Hall–Kier alpha value is -4.76. The Balaban J connectivity index is 1.41. The predicted molar refractivity (Wildman–Crippen MR) is 175 cm³/mol. The van der Waals surface area contributed by atoms with E-state index < -0.39 is 23.5 Å². The van der Waals surface area contributed by atoms with Gasteiger partial charge in [-0.3, -0.25) is 19.7 Å². The summed E-state index contributed by atoms with van der Waals surface area (Å²) in [6.07, 6.45) is 3.58. The first-order chi connectivity index (χ1) is 21.8. The van der Waals surface area contributed by atoms with E-state index >= 15 is 0 Å². The lowest BCUT2D eigenvalue weighted by Crippen LogP contribution is -2.60. The quantitative estimate of drug-likeness (QED) is 0.202. The van der Waals surface area contributed by atoms with E-state index in [0.29, 0.717) is 44.8 Å². The van der Waals surface area contributed by atoms with Gasteiger partial charge in [-0.2, -0.15) is 0 Å². The van der Waals surface area contributed by atoms with Crippen molar-refractivity contribution in [3.05, 3.63) is 108 Å². The minimum atomic E-state index is -1.07. The number of nitrogens with zero attached hydrogens (tertiary/aromatic N) is 2. The summed E-state index contributed by atoms with van der Waals surface area (Å²) < 4.78 is 5.32. The number of hydrogen-bond acceptors (Lipinski definition) is 7. The van der Waals surface area contributed by atoms with E-state index in [-0.39, 0.29) is 18.4 Å². The zero-order valence-corrected chi connectivity index (χ0v) is 25.9. The molecule has 1 aliphatic heterocycles. The Kier molecular flexibility index (Phi) is 10.1. The van der Waals surface area contributed by atoms with Gasteiger partial charge < -0.3 is 20.7 Å². The number of carbonyl (C=O) groups is 3. The molecule has 9 nitrogen and oxygen atoms in total. The molecule has 2 atom stereocenters. The molecule has 1 aromatic heterocycles. The summed E-state index contributed by atoms with van der Waals surface area (Å²) in [5.74, 6) is -0.836. The summed E-state index contributed by atoms with van der Waals surface area (Å²) in [6, 6.07) is 26.4. The number of fused-ring (bicyclic) bond motifs is 1. The van der Waals surface area contributed by atoms with Gasteiger partial charge in [-0.05, 0) is 60.4 Å². The Bertz CT molecular complexity index is 1590. The first kappa shape index (κ1) is 31.7. The van der Waals surface area contributed by atoms with E-state index in [9.17, 15) is 14.4 Å². The molecule has 234 valence electrons. The SMILES string of the molecule is CCCOC(=O)CN[C@@H](C(=O)N1CCCC1(C)C(=O)NCc1ccc2c(N)nccc2c1)C(c1ccccc1)c1ccccc1. The van der Waals surface area contributed by atoms with Gasteiger partial charge in [0.1, 0.15) is 11.4 Å². The van der Waals surface area contributed by atoms with E-state index in [2.05, 4.69) is 15.6 Å². The fraction of sp³-hybridized carbons (Fsp3) is 0.333. The molecular formula is C36H41N5O4. The van der Waals surface area contributed by atoms with Crippen molar-refractivity contribution in [2.75, 3.05) is 25.4 Å². The van der Waals surface area contributed by atoms with Crippen molar-refractivity contribution in [1.82, 2.24) is 20.5 Å². The van der Waals surface area contributed by atoms with Crippen molar-refractivity contribution in [2.45, 2.75) is 57.2 Å². The van der Waals surface area contributed by atoms with Gasteiger partial charge in [0, 0.05) is 30.6 Å². The van der Waals surface area contributed by atoms with Crippen LogP contribution in [0, 0.1) is 0 Å². The van der Waals surface area contributed by atoms with Crippen LogP contribution in [0.1, 0.15) is 55.7 Å². The standard InChI is InChI=1S/C36H41N5O4/c1-3-21-45-30(42)24-39-32(31(26-11-6-4-7-12-26)27-13-8-5-9-14-27)34(43)41-20-10-18-36(41,2)35(44)40-23-25-15-16-29-28(22-25)17-19-38-33(29)37/h4-9,11-17,19,22,31-32,39H,3,10,18,20-21,23-24H2,1-2H3,(H2,37,38)(H,40,44)/t32-,36?/m1/s1. The number of amides is 2. The van der Waals surface area contributed by atoms with E-state index in [0.717, 1.165) is 27.5 Å². The Labute approximate surface area is 264 Å². The normalized spacial score (nSPS) is 16.9. The van der Waals surface area contributed by atoms with Gasteiger partial charge in [0.15, 0.2) is 0 Å². The number of nitrogens with two attached hydrogens (primary N) is 1. The summed E-state index contributed by atoms with van der Waals surface area (Å²) in [5, 5.41) is 8.12. The Morgan fingerprint density at radius 2 is 1.69 bits per heavy atom. The summed E-state index contributed by atoms with van der Waals surface area (Å²) in [4.78, 5) is 46.9. The molecule has 45 heavy (non-hydrogen) atoms. The van der Waals surface area contributed by atoms with Crippen molar-refractivity contribution in [3.63, 3.8) is 0 Å². The molecule has 2 heterocycles. The van der Waals surface area contributed by atoms with Crippen molar-refractivity contribution in [1.29, 1.82) is 0 Å². The smallest absolute Gasteiger partial charge is 0.319 e. The largest absolute Gasteiger partial charge is 0.465 e. The van der Waals surface area contributed by atoms with Gasteiger partial charge in [-0.15, -0.1) is 0 Å². The molecule has 2 amide bonds. The van der Waals surface area contributed by atoms with E-state index in [1.807, 2.05) is 98.8 Å². The van der Waals surface area contributed by atoms with E-state index in [1.54, 1.807) is 11.1 Å². The maximum atomic E-state index is 14.6. The number of benzene rings is 3. The second-order valence-electron chi connectivity index (χ2n) is 11.7. The maximum absolute atomic E-state index is 14.6. The predicted octanol–water partition coefficient (Wildman–Crippen LogP) is 4.56. The molecule has 0 saturated carbocycles. The zero-order valence-electron chi connectivity index (χ0n) is 25.9. The summed E-state index contributed by atoms with van der Waals surface area (Å²) in [5.41, 5.74) is 7.70. The van der Waals surface area contributed by atoms with Gasteiger partial charge >= 0.3 is 5.97 Å². The number of aromatic nitrogens is 1. The number of hydrogen-bond donors (Lipinski definition) is 3. The number of likely N-dealkylation sites (tertiary alicyclic amines) is 1. The third-order valence-corrected chi connectivity index (χ3v) is 8.56. The minimum absolute atomic E-state index is 0.134. The van der Waals surface area contributed by atoms with Crippen LogP contribution in [0.4, 0.5) is 5.82 Å². The molecule has 1 saturated heterocycles. The third-order valence-electron chi connectivity index (χ3n) is 8.56. The number of carbonyl (C=O) groups excluding carboxylic acids is 3. The molecule has 0 bridgehead atoms. The highest BCUT2D eigenvalue weighted by Gasteiger charge is 2.48. The van der Waals surface area contributed by atoms with Crippen molar-refractivity contribution >= 4 is 34.4 Å². The number of rotatable bonds is 12. The lowest BCUT2D eigenvalue weighted by Gasteiger charge is -2.38. The highest BCUT2D eigenvalue weighted by atomic mass is 16.5. The van der Waals surface area contributed by atoms with Crippen molar-refractivity contribution in [3.8, 4) is 0 Å². The summed E-state index contributed by atoms with van der Waals surface area (Å²) in [6.45, 7) is 4.67. The van der Waals surface area contributed by atoms with Crippen LogP contribution in [0.15, 0.2) is 91.1 Å². The molecule has 3 aromatic carbocycles. The molecule has 0 radical (unpaired) electrons. The molecule has 1 fully saturated rings. The fourth-order valence-electron chi connectivity index (χ4n) is 6.16. The third kappa shape index (κ3) is 7.15. The van der Waals surface area contributed by atoms with Gasteiger partial charge in [-0.1, -0.05) is 79.7 Å². The van der Waals surface area contributed by atoms with Gasteiger partial charge in [0.25, 0.3) is 0 Å². The molecule has 4 aromatic rings. The molecule has 0 aliphatic carbocycles. The van der Waals surface area contributed by atoms with Crippen LogP contribution in [-0.4, -0.2) is 58.9 Å². The number of ether oxygens (including phenoxy) is 1. The molecule has 1 unspecified atom stereocenters. The average Bonchev–Trinajstić information content (AvgIpc) is 3.47. The van der Waals surface area contributed by atoms with Crippen molar-refractivity contribution in [2.24, 2.45) is 0 Å². The van der Waals surface area contributed by atoms with Crippen LogP contribution in [0.25, 0.3) is 10.8 Å². The lowest BCUT2D eigenvalue weighted by atomic mass is 9.83. The number of anilines is 1. The number of esters is 1. The fourth-order valence-corrected chi connectivity index (χ4v) is 6.16. The first-order valence-corrected chi connectivity index (χ1v) is 15.5. The summed E-state index contributed by atoms with van der Waals surface area (Å²) >= 11 is 0. The van der Waals surface area contributed by atoms with Gasteiger partial charge in [0.2, 0.25) is 11.8 Å². The summed E-state index contributed by atoms with van der Waals surface area (Å²) in [7, 11) is 0. The second-order valence-corrected chi connectivity index (χ2v) is 11.7. The van der Waals surface area contributed by atoms with Crippen LogP contribution in [0.5, 0.6) is 0 Å². The molecule has 1 aliphatic rings. The highest BCUT2D eigenvalue weighted by Crippen LogP contribution is 2.35. The first-order valence-electron chi connectivity index (χ1n) is 15.5. The van der Waals surface area contributed by atoms with Crippen LogP contribution in [0.3, 0.4) is 0 Å². The Morgan fingerprint density at radius 1 is 1.00 bits per heavy atom. The Morgan fingerprint density at radius 3 is 2.36 bits per heavy atom. The number of nitrogen functional groups attached to an aromatic ring is 1. The second kappa shape index (κ2) is 14.3. The van der Waals surface area contributed by atoms with E-state index in [1.165, 1.54) is 0 Å². The van der Waals surface area contributed by atoms with Crippen LogP contribution in [0.2, 0.25) is 0 Å². The topological polar surface area (TPSA) is 127 Å². The maximum Gasteiger partial charge on any atom is 0.319 e. The monoisotopic (exact) mass is 607 g/mol. The molecule has 0 spiro atoms. The molecule has 4 N–H and O–H groups in total. The lowest BCUT2D eigenvalue weighted by molar-refractivity contribution is -0.147. The van der Waals surface area contributed by atoms with Crippen LogP contribution < -0.4 is 16.4 Å². The van der Waals surface area contributed by atoms with E-state index in [4.69, 9.17) is 10.5 Å². The van der Waals surface area contributed by atoms with Crippen LogP contribution in [-0.2, 0) is 25.7 Å². The molecular weight excluding hydrogens is 566 g/mol. The average molecular weight is 608 g/mol. The molecule has 5 rings (SSSR count). The number of nitrogens with one attached hydrogen (secondary N) is 2. The highest BCUT2D eigenvalue weighted by molar-refractivity contribution is 5.95. The van der Waals surface area contributed by atoms with Gasteiger partial charge in [-0.25, -0.2) is 4.98 Å². The molecule has 9 heteroatoms.